The van der Waals surface area contributed by atoms with Crippen molar-refractivity contribution in [2.75, 3.05) is 0 Å². The summed E-state index contributed by atoms with van der Waals surface area (Å²) in [6, 6.07) is 7.16. The summed E-state index contributed by atoms with van der Waals surface area (Å²) >= 11 is 0. The topological polar surface area (TPSA) is 76.7 Å². The molecular formula is C15H13N3O3. The number of hydrogen-bond acceptors (Lipinski definition) is 4. The number of imidazole rings is 1. The normalized spacial score (nSPS) is 10.7. The first kappa shape index (κ1) is 13.1. The Morgan fingerprint density at radius 1 is 1.38 bits per heavy atom. The summed E-state index contributed by atoms with van der Waals surface area (Å²) in [5.41, 5.74) is 1.59. The average Bonchev–Trinajstić information content (AvgIpc) is 2.84. The zero-order chi connectivity index (χ0) is 14.8. The summed E-state index contributed by atoms with van der Waals surface area (Å²) in [6.45, 7) is 2.11. The Morgan fingerprint density at radius 2 is 2.24 bits per heavy atom. The molecule has 3 rings (SSSR count). The van der Waals surface area contributed by atoms with E-state index in [-0.39, 0.29) is 12.3 Å². The molecule has 0 radical (unpaired) electrons. The minimum Gasteiger partial charge on any atom is -0.484 e. The largest absolute Gasteiger partial charge is 0.484 e. The molecule has 0 spiro atoms. The molecule has 106 valence electrons. The van der Waals surface area contributed by atoms with Crippen molar-refractivity contribution in [2.24, 2.45) is 0 Å². The number of hydrogen-bond donors (Lipinski definition) is 1. The second-order valence-electron chi connectivity index (χ2n) is 4.62. The third-order valence-electron chi connectivity index (χ3n) is 3.06. The van der Waals surface area contributed by atoms with Gasteiger partial charge in [-0.2, -0.15) is 0 Å². The van der Waals surface area contributed by atoms with Crippen LogP contribution in [-0.2, 0) is 6.61 Å². The van der Waals surface area contributed by atoms with Crippen LogP contribution in [0.4, 0.5) is 0 Å². The highest BCUT2D eigenvalue weighted by Crippen LogP contribution is 2.17. The van der Waals surface area contributed by atoms with Gasteiger partial charge in [-0.15, -0.1) is 0 Å². The summed E-state index contributed by atoms with van der Waals surface area (Å²) in [4.78, 5) is 19.4. The zero-order valence-corrected chi connectivity index (χ0v) is 11.4. The molecule has 6 heteroatoms. The molecule has 6 nitrogen and oxygen atoms in total. The van der Waals surface area contributed by atoms with E-state index in [0.29, 0.717) is 17.1 Å². The van der Waals surface area contributed by atoms with E-state index >= 15 is 0 Å². The van der Waals surface area contributed by atoms with Crippen molar-refractivity contribution in [3.05, 3.63) is 59.9 Å². The molecule has 0 bridgehead atoms. The maximum absolute atomic E-state index is 11.3. The summed E-state index contributed by atoms with van der Waals surface area (Å²) in [5.74, 6) is 0.0951. The highest BCUT2D eigenvalue weighted by Gasteiger charge is 2.16. The zero-order valence-electron chi connectivity index (χ0n) is 11.4. The SMILES string of the molecule is Cc1ccc2c(C(=O)O)nc(COc3cccnc3)n2c1. The minimum atomic E-state index is -1.05. The number of carboxylic acid groups (broad SMARTS) is 1. The first-order valence-corrected chi connectivity index (χ1v) is 6.39. The van der Waals surface area contributed by atoms with Gasteiger partial charge in [-0.3, -0.25) is 9.38 Å². The average molecular weight is 283 g/mol. The molecule has 3 heterocycles. The second kappa shape index (κ2) is 5.24. The van der Waals surface area contributed by atoms with Crippen molar-refractivity contribution in [1.82, 2.24) is 14.4 Å². The third-order valence-corrected chi connectivity index (χ3v) is 3.06. The van der Waals surface area contributed by atoms with E-state index in [4.69, 9.17) is 4.74 Å². The number of aromatic carboxylic acids is 1. The van der Waals surface area contributed by atoms with Crippen LogP contribution in [0, 0.1) is 6.92 Å². The summed E-state index contributed by atoms with van der Waals surface area (Å²) < 4.78 is 7.34. The molecule has 0 saturated heterocycles. The predicted molar refractivity (Wildman–Crippen MR) is 75.5 cm³/mol. The van der Waals surface area contributed by atoms with Crippen LogP contribution in [-0.4, -0.2) is 25.4 Å². The monoisotopic (exact) mass is 283 g/mol. The molecule has 0 aromatic carbocycles. The summed E-state index contributed by atoms with van der Waals surface area (Å²) in [6.07, 6.45) is 5.10. The molecule has 3 aromatic rings. The Kier molecular flexibility index (Phi) is 3.27. The Labute approximate surface area is 120 Å². The van der Waals surface area contributed by atoms with Gasteiger partial charge in [-0.25, -0.2) is 9.78 Å². The maximum atomic E-state index is 11.3. The van der Waals surface area contributed by atoms with Gasteiger partial charge in [0, 0.05) is 12.4 Å². The Hall–Kier alpha value is -2.89. The van der Waals surface area contributed by atoms with Crippen LogP contribution in [0.1, 0.15) is 21.9 Å². The number of ether oxygens (including phenoxy) is 1. The van der Waals surface area contributed by atoms with Gasteiger partial charge < -0.3 is 9.84 Å². The molecular weight excluding hydrogens is 270 g/mol. The van der Waals surface area contributed by atoms with Crippen molar-refractivity contribution >= 4 is 11.5 Å². The first-order chi connectivity index (χ1) is 10.1. The second-order valence-corrected chi connectivity index (χ2v) is 4.62. The molecule has 0 atom stereocenters. The van der Waals surface area contributed by atoms with Gasteiger partial charge in [0.2, 0.25) is 0 Å². The molecule has 1 N–H and O–H groups in total. The fraction of sp³-hybridized carbons (Fsp3) is 0.133. The summed E-state index contributed by atoms with van der Waals surface area (Å²) in [7, 11) is 0. The highest BCUT2D eigenvalue weighted by atomic mass is 16.5. The van der Waals surface area contributed by atoms with E-state index in [1.54, 1.807) is 35.0 Å². The number of rotatable bonds is 4. The van der Waals surface area contributed by atoms with E-state index in [1.165, 1.54) is 0 Å². The predicted octanol–water partition coefficient (Wildman–Crippen LogP) is 2.31. The molecule has 0 aliphatic heterocycles. The van der Waals surface area contributed by atoms with Crippen LogP contribution in [0.3, 0.4) is 0 Å². The molecule has 3 aromatic heterocycles. The standard InChI is InChI=1S/C15H13N3O3/c1-10-4-5-12-14(15(19)20)17-13(18(12)8-10)9-21-11-3-2-6-16-7-11/h2-8H,9H2,1H3,(H,19,20). The van der Waals surface area contributed by atoms with Gasteiger partial charge in [-0.05, 0) is 30.7 Å². The number of aryl methyl sites for hydroxylation is 1. The smallest absolute Gasteiger partial charge is 0.356 e. The number of pyridine rings is 2. The van der Waals surface area contributed by atoms with Gasteiger partial charge in [0.25, 0.3) is 0 Å². The fourth-order valence-electron chi connectivity index (χ4n) is 2.09. The van der Waals surface area contributed by atoms with Crippen molar-refractivity contribution in [3.8, 4) is 5.75 Å². The van der Waals surface area contributed by atoms with Crippen LogP contribution < -0.4 is 4.74 Å². The van der Waals surface area contributed by atoms with E-state index in [0.717, 1.165) is 5.56 Å². The van der Waals surface area contributed by atoms with Crippen molar-refractivity contribution in [3.63, 3.8) is 0 Å². The van der Waals surface area contributed by atoms with E-state index in [2.05, 4.69) is 9.97 Å². The number of carboxylic acids is 1. The van der Waals surface area contributed by atoms with Gasteiger partial charge >= 0.3 is 5.97 Å². The molecule has 0 aliphatic carbocycles. The number of carbonyl (C=O) groups is 1. The lowest BCUT2D eigenvalue weighted by atomic mass is 10.2. The summed E-state index contributed by atoms with van der Waals surface area (Å²) in [5, 5.41) is 9.22. The number of fused-ring (bicyclic) bond motifs is 1. The van der Waals surface area contributed by atoms with Crippen LogP contribution >= 0.6 is 0 Å². The van der Waals surface area contributed by atoms with Gasteiger partial charge in [0.15, 0.2) is 11.5 Å². The molecule has 0 fully saturated rings. The molecule has 0 unspecified atom stereocenters. The lowest BCUT2D eigenvalue weighted by molar-refractivity contribution is 0.0693. The molecule has 0 aliphatic rings. The number of nitrogens with zero attached hydrogens (tertiary/aromatic N) is 3. The lowest BCUT2D eigenvalue weighted by Gasteiger charge is -2.05. The Balaban J connectivity index is 1.98. The van der Waals surface area contributed by atoms with Gasteiger partial charge in [-0.1, -0.05) is 6.07 Å². The van der Waals surface area contributed by atoms with Gasteiger partial charge in [0.05, 0.1) is 11.7 Å². The maximum Gasteiger partial charge on any atom is 0.356 e. The highest BCUT2D eigenvalue weighted by molar-refractivity contribution is 5.93. The van der Waals surface area contributed by atoms with Gasteiger partial charge in [0.1, 0.15) is 12.4 Å². The minimum absolute atomic E-state index is 0.0276. The third kappa shape index (κ3) is 2.55. The Morgan fingerprint density at radius 3 is 2.95 bits per heavy atom. The van der Waals surface area contributed by atoms with Crippen LogP contribution in [0.2, 0.25) is 0 Å². The first-order valence-electron chi connectivity index (χ1n) is 6.39. The van der Waals surface area contributed by atoms with Crippen molar-refractivity contribution in [1.29, 1.82) is 0 Å². The van der Waals surface area contributed by atoms with E-state index < -0.39 is 5.97 Å². The van der Waals surface area contributed by atoms with E-state index in [1.807, 2.05) is 19.2 Å². The van der Waals surface area contributed by atoms with Crippen LogP contribution in [0.15, 0.2) is 42.9 Å². The molecule has 21 heavy (non-hydrogen) atoms. The van der Waals surface area contributed by atoms with E-state index in [9.17, 15) is 9.90 Å². The fourth-order valence-corrected chi connectivity index (χ4v) is 2.09. The van der Waals surface area contributed by atoms with Crippen molar-refractivity contribution < 1.29 is 14.6 Å². The van der Waals surface area contributed by atoms with Crippen molar-refractivity contribution in [2.45, 2.75) is 13.5 Å². The van der Waals surface area contributed by atoms with Crippen LogP contribution in [0.5, 0.6) is 5.75 Å². The quantitative estimate of drug-likeness (QED) is 0.795. The molecule has 0 amide bonds. The lowest BCUT2D eigenvalue weighted by Crippen LogP contribution is -2.02. The van der Waals surface area contributed by atoms with Crippen LogP contribution in [0.25, 0.3) is 5.52 Å². The molecule has 0 saturated carbocycles. The number of aromatic nitrogens is 3. The Bertz CT molecular complexity index is 797.